The monoisotopic (exact) mass is 205 g/mol. The molecule has 0 saturated heterocycles. The second-order valence-electron chi connectivity index (χ2n) is 3.22. The lowest BCUT2D eigenvalue weighted by atomic mass is 10.1. The average Bonchev–Trinajstić information content (AvgIpc) is 2.18. The van der Waals surface area contributed by atoms with Gasteiger partial charge in [-0.2, -0.15) is 0 Å². The molecule has 1 N–H and O–H groups in total. The van der Waals surface area contributed by atoms with E-state index in [0.29, 0.717) is 16.5 Å². The highest BCUT2D eigenvalue weighted by molar-refractivity contribution is 5.81. The van der Waals surface area contributed by atoms with Crippen LogP contribution < -0.4 is 0 Å². The second kappa shape index (κ2) is 3.65. The van der Waals surface area contributed by atoms with Crippen LogP contribution >= 0.6 is 0 Å². The van der Waals surface area contributed by atoms with Gasteiger partial charge in [0.1, 0.15) is 5.82 Å². The van der Waals surface area contributed by atoms with Crippen molar-refractivity contribution < 1.29 is 14.3 Å². The summed E-state index contributed by atoms with van der Waals surface area (Å²) in [5.74, 6) is -1.33. The first-order valence-corrected chi connectivity index (χ1v) is 4.42. The molecular formula is C11H8FNO2. The minimum Gasteiger partial charge on any atom is -0.481 e. The Balaban J connectivity index is 2.54. The third kappa shape index (κ3) is 1.93. The summed E-state index contributed by atoms with van der Waals surface area (Å²) in [6.07, 6.45) is 1.31. The molecule has 3 nitrogen and oxygen atoms in total. The first-order chi connectivity index (χ1) is 7.16. The first kappa shape index (κ1) is 9.58. The number of carboxylic acids is 1. The minimum atomic E-state index is -0.951. The number of fused-ring (bicyclic) bond motifs is 1. The molecule has 1 heterocycles. The van der Waals surface area contributed by atoms with Crippen molar-refractivity contribution in [1.29, 1.82) is 0 Å². The zero-order valence-corrected chi connectivity index (χ0v) is 7.77. The van der Waals surface area contributed by atoms with Gasteiger partial charge < -0.3 is 5.11 Å². The molecule has 0 radical (unpaired) electrons. The average molecular weight is 205 g/mol. The summed E-state index contributed by atoms with van der Waals surface area (Å²) in [6.45, 7) is 0. The lowest BCUT2D eigenvalue weighted by Gasteiger charge is -2.01. The number of rotatable bonds is 2. The molecule has 0 aliphatic heterocycles. The number of aliphatic carboxylic acids is 1. The summed E-state index contributed by atoms with van der Waals surface area (Å²) >= 11 is 0. The smallest absolute Gasteiger partial charge is 0.307 e. The van der Waals surface area contributed by atoms with Crippen molar-refractivity contribution in [3.8, 4) is 0 Å². The lowest BCUT2D eigenvalue weighted by Crippen LogP contribution is -2.00. The van der Waals surface area contributed by atoms with Crippen LogP contribution in [-0.4, -0.2) is 16.1 Å². The highest BCUT2D eigenvalue weighted by Gasteiger charge is 2.05. The Morgan fingerprint density at radius 1 is 1.47 bits per heavy atom. The molecule has 2 aromatic rings. The van der Waals surface area contributed by atoms with Crippen LogP contribution in [0.3, 0.4) is 0 Å². The van der Waals surface area contributed by atoms with Gasteiger partial charge in [-0.3, -0.25) is 9.78 Å². The molecule has 0 amide bonds. The number of hydrogen-bond acceptors (Lipinski definition) is 2. The number of carbonyl (C=O) groups is 1. The van der Waals surface area contributed by atoms with E-state index in [4.69, 9.17) is 5.11 Å². The topological polar surface area (TPSA) is 50.2 Å². The summed E-state index contributed by atoms with van der Waals surface area (Å²) in [5.41, 5.74) is 1.03. The maximum Gasteiger partial charge on any atom is 0.307 e. The summed E-state index contributed by atoms with van der Waals surface area (Å²) in [5, 5.41) is 8.94. The van der Waals surface area contributed by atoms with Crippen LogP contribution in [0.1, 0.15) is 5.56 Å². The van der Waals surface area contributed by atoms with Crippen molar-refractivity contribution in [1.82, 2.24) is 4.98 Å². The van der Waals surface area contributed by atoms with E-state index in [0.717, 1.165) is 0 Å². The van der Waals surface area contributed by atoms with E-state index in [9.17, 15) is 9.18 Å². The van der Waals surface area contributed by atoms with Gasteiger partial charge in [-0.25, -0.2) is 4.39 Å². The molecule has 0 saturated carbocycles. The number of halogens is 1. The molecule has 0 unspecified atom stereocenters. The summed E-state index contributed by atoms with van der Waals surface area (Å²) < 4.78 is 13.3. The van der Waals surface area contributed by atoms with Crippen LogP contribution in [0.4, 0.5) is 4.39 Å². The third-order valence-corrected chi connectivity index (χ3v) is 2.08. The summed E-state index contributed by atoms with van der Waals surface area (Å²) in [4.78, 5) is 14.5. The number of hydrogen-bond donors (Lipinski definition) is 1. The molecule has 0 aliphatic carbocycles. The third-order valence-electron chi connectivity index (χ3n) is 2.08. The van der Waals surface area contributed by atoms with Crippen molar-refractivity contribution in [3.63, 3.8) is 0 Å². The Hall–Kier alpha value is -1.97. The van der Waals surface area contributed by atoms with Gasteiger partial charge in [0.05, 0.1) is 11.9 Å². The molecule has 0 aliphatic rings. The number of benzene rings is 1. The molecule has 76 valence electrons. The normalized spacial score (nSPS) is 10.5. The van der Waals surface area contributed by atoms with Crippen molar-refractivity contribution >= 4 is 16.9 Å². The van der Waals surface area contributed by atoms with Gasteiger partial charge in [0.25, 0.3) is 0 Å². The van der Waals surface area contributed by atoms with Gasteiger partial charge >= 0.3 is 5.97 Å². The van der Waals surface area contributed by atoms with E-state index in [1.807, 2.05) is 0 Å². The van der Waals surface area contributed by atoms with Crippen molar-refractivity contribution in [2.75, 3.05) is 0 Å². The second-order valence-corrected chi connectivity index (χ2v) is 3.22. The summed E-state index contributed by atoms with van der Waals surface area (Å²) in [6, 6.07) is 6.10. The Bertz CT molecular complexity index is 525. The Morgan fingerprint density at radius 3 is 3.00 bits per heavy atom. The van der Waals surface area contributed by atoms with E-state index in [1.54, 1.807) is 12.1 Å². The van der Waals surface area contributed by atoms with Gasteiger partial charge in [-0.15, -0.1) is 0 Å². The van der Waals surface area contributed by atoms with Crippen LogP contribution in [0.25, 0.3) is 10.9 Å². The van der Waals surface area contributed by atoms with Crippen LogP contribution in [-0.2, 0) is 11.2 Å². The van der Waals surface area contributed by atoms with Crippen LogP contribution in [0.5, 0.6) is 0 Å². The molecule has 0 bridgehead atoms. The first-order valence-electron chi connectivity index (χ1n) is 4.42. The van der Waals surface area contributed by atoms with E-state index in [2.05, 4.69) is 4.98 Å². The molecule has 2 rings (SSSR count). The van der Waals surface area contributed by atoms with Gasteiger partial charge in [0.2, 0.25) is 0 Å². The number of nitrogens with zero attached hydrogens (tertiary/aromatic N) is 1. The highest BCUT2D eigenvalue weighted by atomic mass is 19.1. The Morgan fingerprint density at radius 2 is 2.27 bits per heavy atom. The molecule has 15 heavy (non-hydrogen) atoms. The number of aromatic nitrogens is 1. The molecule has 4 heteroatoms. The molecule has 1 aromatic heterocycles. The predicted octanol–water partition coefficient (Wildman–Crippen LogP) is 2.00. The van der Waals surface area contributed by atoms with Crippen LogP contribution in [0.2, 0.25) is 0 Å². The van der Waals surface area contributed by atoms with Crippen molar-refractivity contribution in [2.45, 2.75) is 6.42 Å². The fourth-order valence-corrected chi connectivity index (χ4v) is 1.43. The maximum atomic E-state index is 13.3. The SMILES string of the molecule is O=C(O)Cc1cnc2cccc(F)c2c1. The fourth-order valence-electron chi connectivity index (χ4n) is 1.43. The Labute approximate surface area is 85.2 Å². The van der Waals surface area contributed by atoms with E-state index in [1.165, 1.54) is 18.3 Å². The predicted molar refractivity (Wildman–Crippen MR) is 53.0 cm³/mol. The van der Waals surface area contributed by atoms with Gasteiger partial charge in [-0.1, -0.05) is 6.07 Å². The molecule has 0 atom stereocenters. The maximum absolute atomic E-state index is 13.3. The van der Waals surface area contributed by atoms with Crippen molar-refractivity contribution in [2.24, 2.45) is 0 Å². The van der Waals surface area contributed by atoms with Gasteiger partial charge in [-0.05, 0) is 23.8 Å². The molecule has 0 fully saturated rings. The number of pyridine rings is 1. The van der Waals surface area contributed by atoms with Crippen LogP contribution in [0, 0.1) is 5.82 Å². The van der Waals surface area contributed by atoms with Gasteiger partial charge in [0.15, 0.2) is 0 Å². The van der Waals surface area contributed by atoms with Crippen molar-refractivity contribution in [3.05, 3.63) is 41.8 Å². The molecule has 1 aromatic carbocycles. The Kier molecular flexibility index (Phi) is 2.33. The van der Waals surface area contributed by atoms with E-state index < -0.39 is 5.97 Å². The molecular weight excluding hydrogens is 197 g/mol. The molecule has 0 spiro atoms. The zero-order valence-electron chi connectivity index (χ0n) is 7.77. The van der Waals surface area contributed by atoms with Crippen LogP contribution in [0.15, 0.2) is 30.5 Å². The standard InChI is InChI=1S/C11H8FNO2/c12-9-2-1-3-10-8(9)4-7(6-13-10)5-11(14)15/h1-4,6H,5H2,(H,14,15). The lowest BCUT2D eigenvalue weighted by molar-refractivity contribution is -0.136. The minimum absolute atomic E-state index is 0.142. The quantitative estimate of drug-likeness (QED) is 0.815. The van der Waals surface area contributed by atoms with E-state index in [-0.39, 0.29) is 12.2 Å². The van der Waals surface area contributed by atoms with Gasteiger partial charge in [0, 0.05) is 11.6 Å². The largest absolute Gasteiger partial charge is 0.481 e. The van der Waals surface area contributed by atoms with E-state index >= 15 is 0 Å². The number of carboxylic acid groups (broad SMARTS) is 1. The zero-order chi connectivity index (χ0) is 10.8. The summed E-state index contributed by atoms with van der Waals surface area (Å²) in [7, 11) is 0. The fraction of sp³-hybridized carbons (Fsp3) is 0.0909. The highest BCUT2D eigenvalue weighted by Crippen LogP contribution is 2.16.